The maximum Gasteiger partial charge on any atom is 0.146 e. The Morgan fingerprint density at radius 1 is 1.15 bits per heavy atom. The number of nitrogens with two attached hydrogens (primary N) is 1. The molecule has 2 aromatic rings. The van der Waals surface area contributed by atoms with Crippen molar-refractivity contribution in [3.63, 3.8) is 0 Å². The third kappa shape index (κ3) is 4.07. The lowest BCUT2D eigenvalue weighted by atomic mass is 10.2. The van der Waals surface area contributed by atoms with Gasteiger partial charge in [-0.15, -0.1) is 0 Å². The molecule has 0 atom stereocenters. The van der Waals surface area contributed by atoms with E-state index in [1.165, 1.54) is 0 Å². The Hall–Kier alpha value is -1.87. The number of hydrogen-bond acceptors (Lipinski definition) is 3. The lowest BCUT2D eigenvalue weighted by Crippen LogP contribution is -2.07. The van der Waals surface area contributed by atoms with Crippen molar-refractivity contribution in [2.75, 3.05) is 5.73 Å². The van der Waals surface area contributed by atoms with Gasteiger partial charge in [-0.2, -0.15) is 0 Å². The van der Waals surface area contributed by atoms with Crippen LogP contribution in [0.3, 0.4) is 0 Å². The molecule has 0 heterocycles. The van der Waals surface area contributed by atoms with Gasteiger partial charge in [0, 0.05) is 11.1 Å². The number of nitrogen functional groups attached to an aromatic ring is 1. The van der Waals surface area contributed by atoms with Gasteiger partial charge in [0.05, 0.1) is 11.8 Å². The fourth-order valence-electron chi connectivity index (χ4n) is 1.75. The summed E-state index contributed by atoms with van der Waals surface area (Å²) in [5.41, 5.74) is 7.49. The first-order valence-electron chi connectivity index (χ1n) is 6.48. The number of hydrogen-bond donors (Lipinski definition) is 1. The Balaban J connectivity index is 2.06. The van der Waals surface area contributed by atoms with Crippen LogP contribution in [0.15, 0.2) is 42.5 Å². The van der Waals surface area contributed by atoms with E-state index in [2.05, 4.69) is 0 Å². The van der Waals surface area contributed by atoms with Crippen molar-refractivity contribution >= 4 is 17.3 Å². The number of anilines is 1. The summed E-state index contributed by atoms with van der Waals surface area (Å²) in [5, 5.41) is 0.701. The summed E-state index contributed by atoms with van der Waals surface area (Å²) in [7, 11) is 0. The number of benzene rings is 2. The second-order valence-electron chi connectivity index (χ2n) is 4.78. The van der Waals surface area contributed by atoms with E-state index in [-0.39, 0.29) is 6.10 Å². The van der Waals surface area contributed by atoms with E-state index in [1.54, 1.807) is 12.1 Å². The van der Waals surface area contributed by atoms with Crippen LogP contribution in [-0.4, -0.2) is 6.10 Å². The molecular weight excluding hydrogens is 274 g/mol. The zero-order valence-electron chi connectivity index (χ0n) is 11.6. The van der Waals surface area contributed by atoms with Crippen molar-refractivity contribution in [3.05, 3.63) is 53.1 Å². The van der Waals surface area contributed by atoms with Gasteiger partial charge in [-0.3, -0.25) is 0 Å². The lowest BCUT2D eigenvalue weighted by molar-refractivity contribution is 0.241. The Labute approximate surface area is 124 Å². The molecule has 0 radical (unpaired) electrons. The van der Waals surface area contributed by atoms with Gasteiger partial charge in [0.15, 0.2) is 0 Å². The Kier molecular flexibility index (Phi) is 4.74. The molecule has 0 fully saturated rings. The standard InChI is InChI=1S/C16H18ClNO2/c1-11(2)20-16-9-14(6-7-15(16)18)19-10-12-4-3-5-13(17)8-12/h3-9,11H,10,18H2,1-2H3. The van der Waals surface area contributed by atoms with Gasteiger partial charge >= 0.3 is 0 Å². The summed E-state index contributed by atoms with van der Waals surface area (Å²) in [6.45, 7) is 4.36. The molecule has 0 saturated carbocycles. The van der Waals surface area contributed by atoms with Gasteiger partial charge in [-0.25, -0.2) is 0 Å². The van der Waals surface area contributed by atoms with Gasteiger partial charge in [-0.05, 0) is 43.7 Å². The summed E-state index contributed by atoms with van der Waals surface area (Å²) in [4.78, 5) is 0. The first-order chi connectivity index (χ1) is 9.54. The maximum absolute atomic E-state index is 5.94. The highest BCUT2D eigenvalue weighted by molar-refractivity contribution is 6.30. The molecule has 0 unspecified atom stereocenters. The molecule has 2 aromatic carbocycles. The summed E-state index contributed by atoms with van der Waals surface area (Å²) in [6.07, 6.45) is 0.0699. The fraction of sp³-hybridized carbons (Fsp3) is 0.250. The van der Waals surface area contributed by atoms with Crippen molar-refractivity contribution in [1.29, 1.82) is 0 Å². The maximum atomic E-state index is 5.94. The highest BCUT2D eigenvalue weighted by Crippen LogP contribution is 2.28. The predicted octanol–water partition coefficient (Wildman–Crippen LogP) is 4.29. The zero-order chi connectivity index (χ0) is 14.5. The SMILES string of the molecule is CC(C)Oc1cc(OCc2cccc(Cl)c2)ccc1N. The molecule has 0 amide bonds. The molecule has 2 N–H and O–H groups in total. The second-order valence-corrected chi connectivity index (χ2v) is 5.22. The predicted molar refractivity (Wildman–Crippen MR) is 82.4 cm³/mol. The van der Waals surface area contributed by atoms with Crippen molar-refractivity contribution < 1.29 is 9.47 Å². The first kappa shape index (κ1) is 14.5. The van der Waals surface area contributed by atoms with E-state index in [9.17, 15) is 0 Å². The molecule has 0 aliphatic rings. The second kappa shape index (κ2) is 6.53. The quantitative estimate of drug-likeness (QED) is 0.836. The summed E-state index contributed by atoms with van der Waals surface area (Å²) in [6, 6.07) is 13.0. The van der Waals surface area contributed by atoms with Crippen LogP contribution < -0.4 is 15.2 Å². The largest absolute Gasteiger partial charge is 0.489 e. The monoisotopic (exact) mass is 291 g/mol. The zero-order valence-corrected chi connectivity index (χ0v) is 12.4. The number of halogens is 1. The van der Waals surface area contributed by atoms with Crippen LogP contribution in [0.1, 0.15) is 19.4 Å². The molecule has 3 nitrogen and oxygen atoms in total. The average molecular weight is 292 g/mol. The molecule has 0 spiro atoms. The lowest BCUT2D eigenvalue weighted by Gasteiger charge is -2.14. The fourth-order valence-corrected chi connectivity index (χ4v) is 1.97. The Morgan fingerprint density at radius 3 is 2.65 bits per heavy atom. The minimum atomic E-state index is 0.0699. The smallest absolute Gasteiger partial charge is 0.146 e. The molecule has 4 heteroatoms. The van der Waals surface area contributed by atoms with Crippen molar-refractivity contribution in [2.45, 2.75) is 26.6 Å². The normalized spacial score (nSPS) is 10.6. The summed E-state index contributed by atoms with van der Waals surface area (Å²) < 4.78 is 11.4. The van der Waals surface area contributed by atoms with Gasteiger partial charge < -0.3 is 15.2 Å². The Bertz CT molecular complexity index is 584. The first-order valence-corrected chi connectivity index (χ1v) is 6.86. The van der Waals surface area contributed by atoms with E-state index in [0.717, 1.165) is 11.3 Å². The summed E-state index contributed by atoms with van der Waals surface area (Å²) in [5.74, 6) is 1.36. The van der Waals surface area contributed by atoms with E-state index < -0.39 is 0 Å². The molecule has 20 heavy (non-hydrogen) atoms. The molecule has 0 aromatic heterocycles. The van der Waals surface area contributed by atoms with Gasteiger partial charge in [0.2, 0.25) is 0 Å². The molecular formula is C16H18ClNO2. The Morgan fingerprint density at radius 2 is 1.95 bits per heavy atom. The van der Waals surface area contributed by atoms with Crippen molar-refractivity contribution in [2.24, 2.45) is 0 Å². The highest BCUT2D eigenvalue weighted by Gasteiger charge is 2.05. The van der Waals surface area contributed by atoms with E-state index in [4.69, 9.17) is 26.8 Å². The van der Waals surface area contributed by atoms with Gasteiger partial charge in [0.25, 0.3) is 0 Å². The van der Waals surface area contributed by atoms with Crippen LogP contribution in [-0.2, 0) is 6.61 Å². The van der Waals surface area contributed by atoms with E-state index in [1.807, 2.05) is 44.2 Å². The van der Waals surface area contributed by atoms with Crippen LogP contribution in [0.5, 0.6) is 11.5 Å². The van der Waals surface area contributed by atoms with Crippen LogP contribution in [0.4, 0.5) is 5.69 Å². The average Bonchev–Trinajstić information content (AvgIpc) is 2.39. The molecule has 0 saturated heterocycles. The van der Waals surface area contributed by atoms with Gasteiger partial charge in [0.1, 0.15) is 18.1 Å². The minimum Gasteiger partial charge on any atom is -0.489 e. The van der Waals surface area contributed by atoms with E-state index in [0.29, 0.717) is 23.1 Å². The van der Waals surface area contributed by atoms with Crippen molar-refractivity contribution in [1.82, 2.24) is 0 Å². The number of rotatable bonds is 5. The van der Waals surface area contributed by atoms with Crippen LogP contribution >= 0.6 is 11.6 Å². The summed E-state index contributed by atoms with van der Waals surface area (Å²) >= 11 is 5.94. The molecule has 2 rings (SSSR count). The highest BCUT2D eigenvalue weighted by atomic mass is 35.5. The number of ether oxygens (including phenoxy) is 2. The molecule has 0 aliphatic carbocycles. The topological polar surface area (TPSA) is 44.5 Å². The molecule has 0 bridgehead atoms. The van der Waals surface area contributed by atoms with Crippen LogP contribution in [0.25, 0.3) is 0 Å². The van der Waals surface area contributed by atoms with Gasteiger partial charge in [-0.1, -0.05) is 23.7 Å². The third-order valence-corrected chi connectivity index (χ3v) is 2.88. The third-order valence-electron chi connectivity index (χ3n) is 2.64. The minimum absolute atomic E-state index is 0.0699. The van der Waals surface area contributed by atoms with Crippen LogP contribution in [0, 0.1) is 0 Å². The van der Waals surface area contributed by atoms with E-state index >= 15 is 0 Å². The van der Waals surface area contributed by atoms with Crippen molar-refractivity contribution in [3.8, 4) is 11.5 Å². The molecule has 106 valence electrons. The molecule has 0 aliphatic heterocycles. The van der Waals surface area contributed by atoms with Crippen LogP contribution in [0.2, 0.25) is 5.02 Å².